The van der Waals surface area contributed by atoms with Gasteiger partial charge < -0.3 is 20.1 Å². The lowest BCUT2D eigenvalue weighted by molar-refractivity contribution is -0.128. The highest BCUT2D eigenvalue weighted by atomic mass is 32.1. The first-order chi connectivity index (χ1) is 17.6. The zero-order chi connectivity index (χ0) is 25.8. The smallest absolute Gasteiger partial charge is 0.293 e. The molecule has 0 bridgehead atoms. The van der Waals surface area contributed by atoms with Gasteiger partial charge in [0.2, 0.25) is 10.9 Å². The van der Waals surface area contributed by atoms with Gasteiger partial charge in [0.05, 0.1) is 18.4 Å². The third-order valence-electron chi connectivity index (χ3n) is 4.75. The number of methoxy groups -OCH3 is 1. The van der Waals surface area contributed by atoms with Crippen molar-refractivity contribution in [3.63, 3.8) is 0 Å². The van der Waals surface area contributed by atoms with Gasteiger partial charge in [0.1, 0.15) is 35.5 Å². The lowest BCUT2D eigenvalue weighted by Crippen LogP contribution is -2.12. The minimum absolute atomic E-state index is 0.0910. The minimum atomic E-state index is 0.0910. The van der Waals surface area contributed by atoms with E-state index in [1.54, 1.807) is 14.0 Å². The van der Waals surface area contributed by atoms with Crippen LogP contribution in [0.5, 0.6) is 0 Å². The van der Waals surface area contributed by atoms with Crippen LogP contribution in [0.25, 0.3) is 5.13 Å². The van der Waals surface area contributed by atoms with Crippen LogP contribution >= 0.6 is 11.5 Å². The first kappa shape index (κ1) is 26.1. The number of nitriles is 2. The third kappa shape index (κ3) is 6.56. The fourth-order valence-corrected chi connectivity index (χ4v) is 3.48. The van der Waals surface area contributed by atoms with Crippen molar-refractivity contribution in [2.45, 2.75) is 19.8 Å². The van der Waals surface area contributed by atoms with Crippen LogP contribution in [0.1, 0.15) is 29.5 Å². The molecule has 2 N–H and O–H groups in total. The molecule has 3 aromatic heterocycles. The van der Waals surface area contributed by atoms with Crippen LogP contribution < -0.4 is 10.6 Å². The standard InChI is InChI=1S/C21H23N11O3S/c1-14-16(10-23)19(24-6-4-8-35-13-33)28-20(25-5-3-7-34-2)17(14)29-30-18-15(9-22)11-32(31-18)21-26-12-27-36-21/h11-13H,3-8H2,1-2H3,(H2,24,25,28). The van der Waals surface area contributed by atoms with Crippen molar-refractivity contribution in [2.24, 2.45) is 10.2 Å². The maximum absolute atomic E-state index is 10.3. The number of anilines is 2. The van der Waals surface area contributed by atoms with Crippen LogP contribution in [0, 0.1) is 29.6 Å². The van der Waals surface area contributed by atoms with Gasteiger partial charge in [-0.2, -0.15) is 14.9 Å². The van der Waals surface area contributed by atoms with Crippen molar-refractivity contribution >= 4 is 41.1 Å². The summed E-state index contributed by atoms with van der Waals surface area (Å²) in [7, 11) is 1.62. The molecule has 3 heterocycles. The van der Waals surface area contributed by atoms with Gasteiger partial charge >= 0.3 is 0 Å². The van der Waals surface area contributed by atoms with Crippen LogP contribution in [-0.2, 0) is 14.3 Å². The Hall–Kier alpha value is -4.47. The summed E-state index contributed by atoms with van der Waals surface area (Å²) in [5, 5.41) is 38.9. The molecular formula is C21H23N11O3S. The molecule has 0 aromatic carbocycles. The SMILES string of the molecule is COCCCNc1nc(NCCCOC=O)c(C#N)c(C)c1N=Nc1nn(-c2ncns2)cc1C#N. The lowest BCUT2D eigenvalue weighted by atomic mass is 10.1. The van der Waals surface area contributed by atoms with Crippen molar-refractivity contribution in [2.75, 3.05) is 44.0 Å². The van der Waals surface area contributed by atoms with Gasteiger partial charge in [-0.3, -0.25) is 4.79 Å². The molecule has 0 fully saturated rings. The third-order valence-corrected chi connectivity index (χ3v) is 5.40. The van der Waals surface area contributed by atoms with Crippen molar-refractivity contribution < 1.29 is 14.3 Å². The summed E-state index contributed by atoms with van der Waals surface area (Å²) in [6.45, 7) is 3.90. The van der Waals surface area contributed by atoms with Crippen molar-refractivity contribution in [1.29, 1.82) is 10.5 Å². The second-order valence-electron chi connectivity index (χ2n) is 7.14. The molecule has 0 spiro atoms. The highest BCUT2D eigenvalue weighted by Crippen LogP contribution is 2.35. The first-order valence-electron chi connectivity index (χ1n) is 10.8. The molecule has 0 unspecified atom stereocenters. The van der Waals surface area contributed by atoms with E-state index in [4.69, 9.17) is 9.47 Å². The minimum Gasteiger partial charge on any atom is -0.468 e. The number of azo groups is 1. The maximum Gasteiger partial charge on any atom is 0.293 e. The van der Waals surface area contributed by atoms with E-state index in [0.29, 0.717) is 72.6 Å². The first-order valence-corrected chi connectivity index (χ1v) is 11.5. The van der Waals surface area contributed by atoms with Crippen LogP contribution in [0.15, 0.2) is 22.8 Å². The van der Waals surface area contributed by atoms with E-state index in [9.17, 15) is 15.3 Å². The van der Waals surface area contributed by atoms with E-state index < -0.39 is 0 Å². The summed E-state index contributed by atoms with van der Waals surface area (Å²) >= 11 is 1.12. The van der Waals surface area contributed by atoms with Crippen molar-refractivity contribution in [1.82, 2.24) is 24.1 Å². The molecule has 0 aliphatic rings. The highest BCUT2D eigenvalue weighted by molar-refractivity contribution is 7.07. The number of hydrogen-bond donors (Lipinski definition) is 2. The molecule has 14 nitrogen and oxygen atoms in total. The van der Waals surface area contributed by atoms with Gasteiger partial charge in [-0.25, -0.2) is 14.6 Å². The van der Waals surface area contributed by atoms with Crippen molar-refractivity contribution in [3.05, 3.63) is 29.2 Å². The summed E-state index contributed by atoms with van der Waals surface area (Å²) < 4.78 is 15.1. The number of aromatic nitrogens is 5. The topological polar surface area (TPSA) is 188 Å². The molecule has 0 saturated carbocycles. The van der Waals surface area contributed by atoms with E-state index in [2.05, 4.69) is 46.4 Å². The molecule has 0 aliphatic heterocycles. The number of carbonyl (C=O) groups is 1. The number of ether oxygens (including phenoxy) is 2. The average Bonchev–Trinajstić information content (AvgIpc) is 3.56. The van der Waals surface area contributed by atoms with Crippen molar-refractivity contribution in [3.8, 4) is 17.3 Å². The van der Waals surface area contributed by atoms with Gasteiger partial charge in [0.25, 0.3) is 6.47 Å². The van der Waals surface area contributed by atoms with Gasteiger partial charge in [0.15, 0.2) is 5.82 Å². The van der Waals surface area contributed by atoms with E-state index in [1.165, 1.54) is 17.2 Å². The Morgan fingerprint density at radius 2 is 1.94 bits per heavy atom. The predicted molar refractivity (Wildman–Crippen MR) is 130 cm³/mol. The normalized spacial score (nSPS) is 10.7. The largest absolute Gasteiger partial charge is 0.468 e. The number of nitrogens with zero attached hydrogens (tertiary/aromatic N) is 9. The summed E-state index contributed by atoms with van der Waals surface area (Å²) in [5.41, 5.74) is 1.38. The molecule has 0 atom stereocenters. The Morgan fingerprint density at radius 1 is 1.17 bits per heavy atom. The van der Waals surface area contributed by atoms with Crippen LogP contribution in [-0.4, -0.2) is 64.0 Å². The second kappa shape index (κ2) is 13.4. The lowest BCUT2D eigenvalue weighted by Gasteiger charge is -2.15. The second-order valence-corrected chi connectivity index (χ2v) is 7.90. The van der Waals surface area contributed by atoms with Crippen LogP contribution in [0.4, 0.5) is 23.1 Å². The monoisotopic (exact) mass is 509 g/mol. The van der Waals surface area contributed by atoms with Gasteiger partial charge in [-0.15, -0.1) is 15.3 Å². The maximum atomic E-state index is 10.3. The van der Waals surface area contributed by atoms with E-state index in [1.807, 2.05) is 6.07 Å². The molecule has 3 rings (SSSR count). The molecule has 0 aliphatic carbocycles. The summed E-state index contributed by atoms with van der Waals surface area (Å²) in [6.07, 6.45) is 4.13. The average molecular weight is 510 g/mol. The Bertz CT molecular complexity index is 1280. The molecule has 0 radical (unpaired) electrons. The highest BCUT2D eigenvalue weighted by Gasteiger charge is 2.18. The van der Waals surface area contributed by atoms with Gasteiger partial charge in [-0.1, -0.05) is 0 Å². The molecule has 36 heavy (non-hydrogen) atoms. The predicted octanol–water partition coefficient (Wildman–Crippen LogP) is 3.01. The molecule has 0 saturated heterocycles. The zero-order valence-electron chi connectivity index (χ0n) is 19.6. The quantitative estimate of drug-likeness (QED) is 0.184. The molecular weight excluding hydrogens is 486 g/mol. The molecule has 0 amide bonds. The molecule has 186 valence electrons. The number of nitrogens with one attached hydrogen (secondary N) is 2. The molecule has 15 heteroatoms. The Balaban J connectivity index is 1.94. The number of pyridine rings is 1. The zero-order valence-corrected chi connectivity index (χ0v) is 20.4. The van der Waals surface area contributed by atoms with Gasteiger partial charge in [-0.05, 0) is 19.8 Å². The van der Waals surface area contributed by atoms with Crippen LogP contribution in [0.3, 0.4) is 0 Å². The van der Waals surface area contributed by atoms with E-state index >= 15 is 0 Å². The molecule has 3 aromatic rings. The summed E-state index contributed by atoms with van der Waals surface area (Å²) in [6, 6.07) is 4.20. The van der Waals surface area contributed by atoms with E-state index in [0.717, 1.165) is 11.5 Å². The Kier molecular flexibility index (Phi) is 9.75. The Morgan fingerprint density at radius 3 is 2.61 bits per heavy atom. The van der Waals surface area contributed by atoms with Crippen LogP contribution in [0.2, 0.25) is 0 Å². The number of rotatable bonds is 14. The Labute approximate surface area is 210 Å². The number of hydrogen-bond acceptors (Lipinski definition) is 14. The fraction of sp³-hybridized carbons (Fsp3) is 0.381. The number of carbonyl (C=O) groups excluding carboxylic acids is 1. The summed E-state index contributed by atoms with van der Waals surface area (Å²) in [5.74, 6) is 0.862. The van der Waals surface area contributed by atoms with Gasteiger partial charge in [0, 0.05) is 43.9 Å². The van der Waals surface area contributed by atoms with E-state index in [-0.39, 0.29) is 18.0 Å². The summed E-state index contributed by atoms with van der Waals surface area (Å²) in [4.78, 5) is 18.9. The fourth-order valence-electron chi connectivity index (χ4n) is 3.02.